The fourth-order valence-corrected chi connectivity index (χ4v) is 2.17. The number of thioether (sulfide) groups is 1. The molecule has 2 atom stereocenters. The quantitative estimate of drug-likeness (QED) is 0.599. The molecule has 0 aromatic rings. The van der Waals surface area contributed by atoms with E-state index in [4.69, 9.17) is 15.2 Å². The Morgan fingerprint density at radius 3 is 2.20 bits per heavy atom. The summed E-state index contributed by atoms with van der Waals surface area (Å²) in [4.78, 5) is 33.4. The molecule has 0 fully saturated rings. The highest BCUT2D eigenvalue weighted by molar-refractivity contribution is 7.99. The van der Waals surface area contributed by atoms with E-state index in [1.165, 1.54) is 18.7 Å². The fraction of sp³-hybridized carbons (Fsp3) is 0.769. The Bertz CT molecular complexity index is 335. The molecule has 0 aliphatic heterocycles. The average Bonchev–Trinajstić information content (AvgIpc) is 2.43. The van der Waals surface area contributed by atoms with Gasteiger partial charge in [-0.2, -0.15) is 11.8 Å². The van der Waals surface area contributed by atoms with Gasteiger partial charge in [-0.1, -0.05) is 13.8 Å². The second-order valence-electron chi connectivity index (χ2n) is 4.26. The number of hydrogen-bond acceptors (Lipinski definition) is 7. The summed E-state index contributed by atoms with van der Waals surface area (Å²) in [6, 6.07) is -0.527. The van der Waals surface area contributed by atoms with Gasteiger partial charge in [0.1, 0.15) is 18.5 Å². The number of nitrogens with two attached hydrogens (primary N) is 1. The van der Waals surface area contributed by atoms with Crippen LogP contribution in [0.4, 0.5) is 0 Å². The van der Waals surface area contributed by atoms with Crippen molar-refractivity contribution in [3.05, 3.63) is 0 Å². The second-order valence-corrected chi connectivity index (χ2v) is 5.33. The Labute approximate surface area is 123 Å². The summed E-state index contributed by atoms with van der Waals surface area (Å²) < 4.78 is 10.2. The summed E-state index contributed by atoms with van der Waals surface area (Å²) in [7, 11) is 0. The van der Waals surface area contributed by atoms with E-state index in [1.54, 1.807) is 13.8 Å². The minimum atomic E-state index is -0.527. The molecule has 0 spiro atoms. The van der Waals surface area contributed by atoms with Crippen molar-refractivity contribution in [1.82, 2.24) is 0 Å². The highest BCUT2D eigenvalue weighted by Crippen LogP contribution is 2.09. The molecule has 6 nitrogen and oxygen atoms in total. The van der Waals surface area contributed by atoms with Gasteiger partial charge in [0.05, 0.1) is 6.04 Å². The first-order valence-corrected chi connectivity index (χ1v) is 7.75. The molecular formula is C13H23NO5S. The minimum absolute atomic E-state index is 0.0285. The maximum atomic E-state index is 11.3. The van der Waals surface area contributed by atoms with Gasteiger partial charge >= 0.3 is 11.9 Å². The van der Waals surface area contributed by atoms with E-state index in [9.17, 15) is 14.4 Å². The van der Waals surface area contributed by atoms with Crippen molar-refractivity contribution >= 4 is 29.5 Å². The van der Waals surface area contributed by atoms with E-state index in [0.29, 0.717) is 11.5 Å². The number of Topliss-reactive ketones (excluding diaryl/α,β-unsaturated/α-hetero) is 1. The summed E-state index contributed by atoms with van der Waals surface area (Å²) in [6.45, 7) is 4.84. The molecule has 0 saturated heterocycles. The molecule has 0 saturated carbocycles. The molecule has 20 heavy (non-hydrogen) atoms. The van der Waals surface area contributed by atoms with Gasteiger partial charge in [-0.3, -0.25) is 14.4 Å². The summed E-state index contributed by atoms with van der Waals surface area (Å²) >= 11 is 1.40. The number of ketones is 1. The topological polar surface area (TPSA) is 95.7 Å². The third-order valence-electron chi connectivity index (χ3n) is 2.43. The Morgan fingerprint density at radius 2 is 1.70 bits per heavy atom. The Kier molecular flexibility index (Phi) is 10.1. The zero-order valence-electron chi connectivity index (χ0n) is 12.2. The van der Waals surface area contributed by atoms with Gasteiger partial charge in [-0.25, -0.2) is 0 Å². The lowest BCUT2D eigenvalue weighted by atomic mass is 10.3. The average molecular weight is 305 g/mol. The summed E-state index contributed by atoms with van der Waals surface area (Å²) in [5.41, 5.74) is 5.61. The van der Waals surface area contributed by atoms with E-state index >= 15 is 0 Å². The van der Waals surface area contributed by atoms with E-state index in [2.05, 4.69) is 0 Å². The normalized spacial score (nSPS) is 13.4. The van der Waals surface area contributed by atoms with E-state index < -0.39 is 12.1 Å². The number of esters is 2. The third-order valence-corrected chi connectivity index (χ3v) is 3.63. The number of rotatable bonds is 10. The monoisotopic (exact) mass is 305 g/mol. The lowest BCUT2D eigenvalue weighted by Crippen LogP contribution is -2.32. The van der Waals surface area contributed by atoms with Crippen LogP contribution in [0.1, 0.15) is 33.6 Å². The first kappa shape index (κ1) is 18.9. The van der Waals surface area contributed by atoms with Gasteiger partial charge < -0.3 is 15.2 Å². The van der Waals surface area contributed by atoms with Crippen molar-refractivity contribution in [2.45, 2.75) is 45.8 Å². The second kappa shape index (κ2) is 10.7. The van der Waals surface area contributed by atoms with Crippen LogP contribution in [-0.2, 0) is 23.9 Å². The predicted octanol–water partition coefficient (Wildman–Crippen LogP) is 0.911. The smallest absolute Gasteiger partial charge is 0.305 e. The van der Waals surface area contributed by atoms with Crippen LogP contribution >= 0.6 is 11.8 Å². The summed E-state index contributed by atoms with van der Waals surface area (Å²) in [5, 5.41) is 0. The molecule has 7 heteroatoms. The van der Waals surface area contributed by atoms with E-state index in [-0.39, 0.29) is 37.2 Å². The highest BCUT2D eigenvalue weighted by Gasteiger charge is 2.17. The Morgan fingerprint density at radius 1 is 1.10 bits per heavy atom. The van der Waals surface area contributed by atoms with Gasteiger partial charge in [0.2, 0.25) is 0 Å². The Balaban J connectivity index is 4.19. The van der Waals surface area contributed by atoms with Gasteiger partial charge in [-0.05, 0) is 6.92 Å². The zero-order chi connectivity index (χ0) is 15.5. The Hall–Kier alpha value is -1.08. The van der Waals surface area contributed by atoms with Gasteiger partial charge in [0, 0.05) is 24.3 Å². The molecule has 0 aromatic heterocycles. The highest BCUT2D eigenvalue weighted by atomic mass is 32.2. The van der Waals surface area contributed by atoms with E-state index in [0.717, 1.165) is 0 Å². The minimum Gasteiger partial charge on any atom is -0.462 e. The molecule has 0 heterocycles. The molecule has 0 aliphatic carbocycles. The molecule has 0 aromatic carbocycles. The van der Waals surface area contributed by atoms with Crippen molar-refractivity contribution in [3.8, 4) is 0 Å². The van der Waals surface area contributed by atoms with Crippen molar-refractivity contribution in [3.63, 3.8) is 0 Å². The lowest BCUT2D eigenvalue weighted by Gasteiger charge is -2.18. The molecule has 0 radical (unpaired) electrons. The third kappa shape index (κ3) is 8.92. The number of hydrogen-bond donors (Lipinski definition) is 1. The van der Waals surface area contributed by atoms with Gasteiger partial charge in [-0.15, -0.1) is 0 Å². The van der Waals surface area contributed by atoms with Gasteiger partial charge in [0.25, 0.3) is 0 Å². The van der Waals surface area contributed by atoms with Crippen LogP contribution < -0.4 is 5.73 Å². The molecule has 0 bridgehead atoms. The molecule has 0 amide bonds. The van der Waals surface area contributed by atoms with Crippen LogP contribution in [0.5, 0.6) is 0 Å². The van der Waals surface area contributed by atoms with Crippen LogP contribution in [0.2, 0.25) is 0 Å². The lowest BCUT2D eigenvalue weighted by molar-refractivity contribution is -0.157. The molecule has 2 unspecified atom stereocenters. The van der Waals surface area contributed by atoms with Crippen molar-refractivity contribution < 1.29 is 23.9 Å². The van der Waals surface area contributed by atoms with Crippen molar-refractivity contribution in [2.75, 3.05) is 18.1 Å². The van der Waals surface area contributed by atoms with Crippen LogP contribution in [0.3, 0.4) is 0 Å². The van der Waals surface area contributed by atoms with Crippen LogP contribution in [0.15, 0.2) is 0 Å². The van der Waals surface area contributed by atoms with Crippen LogP contribution in [0, 0.1) is 0 Å². The maximum absolute atomic E-state index is 11.3. The zero-order valence-corrected chi connectivity index (χ0v) is 13.0. The predicted molar refractivity (Wildman–Crippen MR) is 77.4 cm³/mol. The standard InChI is InChI=1S/C13H23NO5S/c1-4-12(16)18-6-10(19-13(17)5-2)7-20-8-11(14)9(3)15/h10-11H,4-8,14H2,1-3H3. The molecule has 0 aliphatic rings. The van der Waals surface area contributed by atoms with Gasteiger partial charge in [0.15, 0.2) is 0 Å². The summed E-state index contributed by atoms with van der Waals surface area (Å²) in [5.74, 6) is 0.102. The van der Waals surface area contributed by atoms with Crippen molar-refractivity contribution in [1.29, 1.82) is 0 Å². The maximum Gasteiger partial charge on any atom is 0.305 e. The molecule has 2 N–H and O–H groups in total. The fourth-order valence-electron chi connectivity index (χ4n) is 1.12. The van der Waals surface area contributed by atoms with Crippen molar-refractivity contribution in [2.24, 2.45) is 5.73 Å². The SMILES string of the molecule is CCC(=O)OCC(CSCC(N)C(C)=O)OC(=O)CC. The number of carbonyl (C=O) groups is 3. The largest absolute Gasteiger partial charge is 0.462 e. The molecule has 116 valence electrons. The number of carbonyl (C=O) groups excluding carboxylic acids is 3. The molecule has 0 rings (SSSR count). The van der Waals surface area contributed by atoms with Crippen LogP contribution in [-0.4, -0.2) is 48.0 Å². The first-order chi connectivity index (χ1) is 9.40. The first-order valence-electron chi connectivity index (χ1n) is 6.59. The van der Waals surface area contributed by atoms with E-state index in [1.807, 2.05) is 0 Å². The summed E-state index contributed by atoms with van der Waals surface area (Å²) in [6.07, 6.45) is 0.0224. The molecular weight excluding hydrogens is 282 g/mol. The van der Waals surface area contributed by atoms with Crippen LogP contribution in [0.25, 0.3) is 0 Å². The number of ether oxygens (including phenoxy) is 2.